The molecule has 4 heteroatoms. The van der Waals surface area contributed by atoms with Crippen molar-refractivity contribution in [2.75, 3.05) is 0 Å². The molecule has 3 N–H and O–H groups in total. The highest BCUT2D eigenvalue weighted by Crippen LogP contribution is 2.38. The second-order valence-electron chi connectivity index (χ2n) is 5.79. The summed E-state index contributed by atoms with van der Waals surface area (Å²) in [4.78, 5) is 11.5. The van der Waals surface area contributed by atoms with Crippen LogP contribution >= 0.6 is 12.4 Å². The molecule has 0 aromatic heterocycles. The van der Waals surface area contributed by atoms with Gasteiger partial charge in [0.25, 0.3) is 0 Å². The molecule has 1 aliphatic rings. The third kappa shape index (κ3) is 4.30. The van der Waals surface area contributed by atoms with Crippen LogP contribution in [0.5, 0.6) is 0 Å². The predicted molar refractivity (Wildman–Crippen MR) is 69.6 cm³/mol. The van der Waals surface area contributed by atoms with Crippen molar-refractivity contribution in [2.24, 2.45) is 17.1 Å². The topological polar surface area (TPSA) is 55.1 Å². The highest BCUT2D eigenvalue weighted by molar-refractivity contribution is 5.85. The van der Waals surface area contributed by atoms with Gasteiger partial charge in [0.05, 0.1) is 6.04 Å². The van der Waals surface area contributed by atoms with Crippen molar-refractivity contribution < 1.29 is 4.79 Å². The third-order valence-corrected chi connectivity index (χ3v) is 3.43. The van der Waals surface area contributed by atoms with Crippen LogP contribution in [0.2, 0.25) is 0 Å². The van der Waals surface area contributed by atoms with Crippen molar-refractivity contribution in [1.82, 2.24) is 5.32 Å². The number of carbonyl (C=O) groups is 1. The Bertz CT molecular complexity index is 241. The molecule has 1 fully saturated rings. The van der Waals surface area contributed by atoms with Crippen LogP contribution in [0.3, 0.4) is 0 Å². The molecule has 1 rings (SSSR count). The van der Waals surface area contributed by atoms with E-state index in [4.69, 9.17) is 5.73 Å². The van der Waals surface area contributed by atoms with E-state index in [0.29, 0.717) is 17.4 Å². The van der Waals surface area contributed by atoms with Gasteiger partial charge in [-0.1, -0.05) is 20.8 Å². The van der Waals surface area contributed by atoms with E-state index in [1.54, 1.807) is 6.92 Å². The highest BCUT2D eigenvalue weighted by atomic mass is 35.5. The van der Waals surface area contributed by atoms with Crippen LogP contribution in [0.25, 0.3) is 0 Å². The average Bonchev–Trinajstić information content (AvgIpc) is 2.08. The molecule has 1 aliphatic carbocycles. The number of nitrogens with one attached hydrogen (secondary N) is 1. The quantitative estimate of drug-likeness (QED) is 0.786. The summed E-state index contributed by atoms with van der Waals surface area (Å²) in [5.41, 5.74) is 5.97. The Kier molecular flexibility index (Phi) is 5.77. The summed E-state index contributed by atoms with van der Waals surface area (Å²) in [7, 11) is 0. The van der Waals surface area contributed by atoms with E-state index in [1.807, 2.05) is 0 Å². The third-order valence-electron chi connectivity index (χ3n) is 3.43. The molecule has 3 atom stereocenters. The van der Waals surface area contributed by atoms with Crippen LogP contribution in [-0.2, 0) is 4.79 Å². The molecule has 0 saturated heterocycles. The fourth-order valence-electron chi connectivity index (χ4n) is 2.48. The maximum atomic E-state index is 11.5. The summed E-state index contributed by atoms with van der Waals surface area (Å²) in [5, 5.41) is 3.04. The molecule has 0 bridgehead atoms. The predicted octanol–water partition coefficient (Wildman–Crippen LogP) is 2.09. The normalized spacial score (nSPS) is 30.1. The number of nitrogens with two attached hydrogens (primary N) is 1. The molecule has 0 radical (unpaired) electrons. The summed E-state index contributed by atoms with van der Waals surface area (Å²) in [6.07, 6.45) is 3.44. The lowest BCUT2D eigenvalue weighted by Crippen LogP contribution is -2.49. The summed E-state index contributed by atoms with van der Waals surface area (Å²) < 4.78 is 0. The maximum absolute atomic E-state index is 11.5. The molecular formula is C12H25ClN2O. The van der Waals surface area contributed by atoms with Crippen LogP contribution in [0.1, 0.15) is 47.0 Å². The SMILES string of the molecule is CC1CC(C)(C)CCC1NC(=O)[C@H](C)N.Cl. The van der Waals surface area contributed by atoms with Crippen molar-refractivity contribution in [1.29, 1.82) is 0 Å². The molecule has 0 aliphatic heterocycles. The van der Waals surface area contributed by atoms with Crippen molar-refractivity contribution >= 4 is 18.3 Å². The van der Waals surface area contributed by atoms with Gasteiger partial charge in [-0.3, -0.25) is 4.79 Å². The molecule has 1 saturated carbocycles. The van der Waals surface area contributed by atoms with Gasteiger partial charge in [-0.25, -0.2) is 0 Å². The number of hydrogen-bond acceptors (Lipinski definition) is 2. The van der Waals surface area contributed by atoms with Crippen LogP contribution in [-0.4, -0.2) is 18.0 Å². The van der Waals surface area contributed by atoms with E-state index < -0.39 is 6.04 Å². The number of carbonyl (C=O) groups excluding carboxylic acids is 1. The second-order valence-corrected chi connectivity index (χ2v) is 5.79. The van der Waals surface area contributed by atoms with E-state index in [2.05, 4.69) is 26.1 Å². The standard InChI is InChI=1S/C12H24N2O.ClH/c1-8-7-12(3,4)6-5-10(8)14-11(15)9(2)13;/h8-10H,5-7,13H2,1-4H3,(H,14,15);1H/t8?,9-,10?;/m0./s1. The zero-order valence-corrected chi connectivity index (χ0v) is 11.6. The largest absolute Gasteiger partial charge is 0.352 e. The number of hydrogen-bond donors (Lipinski definition) is 2. The Morgan fingerprint density at radius 2 is 2.06 bits per heavy atom. The smallest absolute Gasteiger partial charge is 0.236 e. The van der Waals surface area contributed by atoms with Gasteiger partial charge in [-0.15, -0.1) is 12.4 Å². The molecule has 1 amide bonds. The lowest BCUT2D eigenvalue weighted by molar-refractivity contribution is -0.123. The Morgan fingerprint density at radius 3 is 2.50 bits per heavy atom. The monoisotopic (exact) mass is 248 g/mol. The fraction of sp³-hybridized carbons (Fsp3) is 0.917. The molecule has 0 aromatic carbocycles. The molecule has 0 spiro atoms. The van der Waals surface area contributed by atoms with Crippen LogP contribution in [0.15, 0.2) is 0 Å². The minimum Gasteiger partial charge on any atom is -0.352 e. The van der Waals surface area contributed by atoms with Gasteiger partial charge in [-0.05, 0) is 37.5 Å². The number of halogens is 1. The summed E-state index contributed by atoms with van der Waals surface area (Å²) in [6, 6.07) is -0.0799. The first-order chi connectivity index (χ1) is 6.82. The molecule has 96 valence electrons. The van der Waals surface area contributed by atoms with Crippen molar-refractivity contribution in [3.05, 3.63) is 0 Å². The van der Waals surface area contributed by atoms with Crippen molar-refractivity contribution in [3.8, 4) is 0 Å². The van der Waals surface area contributed by atoms with Crippen molar-refractivity contribution in [3.63, 3.8) is 0 Å². The maximum Gasteiger partial charge on any atom is 0.236 e. The minimum absolute atomic E-state index is 0. The van der Waals surface area contributed by atoms with Crippen LogP contribution in [0.4, 0.5) is 0 Å². The van der Waals surface area contributed by atoms with Gasteiger partial charge in [0.1, 0.15) is 0 Å². The van der Waals surface area contributed by atoms with Gasteiger partial charge in [-0.2, -0.15) is 0 Å². The fourth-order valence-corrected chi connectivity index (χ4v) is 2.48. The van der Waals surface area contributed by atoms with Gasteiger partial charge >= 0.3 is 0 Å². The van der Waals surface area contributed by atoms with E-state index in [1.165, 1.54) is 12.8 Å². The average molecular weight is 249 g/mol. The minimum atomic E-state index is -0.396. The summed E-state index contributed by atoms with van der Waals surface area (Å²) in [6.45, 7) is 8.54. The van der Waals surface area contributed by atoms with E-state index >= 15 is 0 Å². The van der Waals surface area contributed by atoms with E-state index in [0.717, 1.165) is 6.42 Å². The molecular weight excluding hydrogens is 224 g/mol. The van der Waals surface area contributed by atoms with Crippen LogP contribution in [0, 0.1) is 11.3 Å². The zero-order chi connectivity index (χ0) is 11.6. The Balaban J connectivity index is 0.00000225. The molecule has 0 aromatic rings. The van der Waals surface area contributed by atoms with Crippen LogP contribution < -0.4 is 11.1 Å². The Hall–Kier alpha value is -0.280. The highest BCUT2D eigenvalue weighted by Gasteiger charge is 2.33. The number of rotatable bonds is 2. The second kappa shape index (κ2) is 5.87. The lowest BCUT2D eigenvalue weighted by atomic mass is 9.70. The molecule has 3 nitrogen and oxygen atoms in total. The zero-order valence-electron chi connectivity index (χ0n) is 10.7. The summed E-state index contributed by atoms with van der Waals surface area (Å²) in [5.74, 6) is 0.531. The first-order valence-electron chi connectivity index (χ1n) is 5.88. The van der Waals surface area contributed by atoms with Gasteiger partial charge < -0.3 is 11.1 Å². The first kappa shape index (κ1) is 15.7. The summed E-state index contributed by atoms with van der Waals surface area (Å²) >= 11 is 0. The van der Waals surface area contributed by atoms with Gasteiger partial charge in [0.15, 0.2) is 0 Å². The molecule has 16 heavy (non-hydrogen) atoms. The first-order valence-corrected chi connectivity index (χ1v) is 5.88. The van der Waals surface area contributed by atoms with Gasteiger partial charge in [0, 0.05) is 6.04 Å². The Morgan fingerprint density at radius 1 is 1.50 bits per heavy atom. The Labute approximate surface area is 105 Å². The van der Waals surface area contributed by atoms with E-state index in [9.17, 15) is 4.79 Å². The van der Waals surface area contributed by atoms with E-state index in [-0.39, 0.29) is 18.3 Å². The lowest BCUT2D eigenvalue weighted by Gasteiger charge is -2.39. The van der Waals surface area contributed by atoms with Gasteiger partial charge in [0.2, 0.25) is 5.91 Å². The van der Waals surface area contributed by atoms with Crippen molar-refractivity contribution in [2.45, 2.75) is 59.0 Å². The molecule has 0 heterocycles. The number of amides is 1. The molecule has 2 unspecified atom stereocenters.